The van der Waals surface area contributed by atoms with Crippen LogP contribution < -0.4 is 0 Å². The molecule has 0 spiro atoms. The molecule has 0 radical (unpaired) electrons. The molecule has 0 bridgehead atoms. The third-order valence-corrected chi connectivity index (χ3v) is 3.40. The summed E-state index contributed by atoms with van der Waals surface area (Å²) in [5.41, 5.74) is 0.640. The average molecular weight is 312 g/mol. The number of rotatable bonds is 3. The number of aromatic hydroxyl groups is 1. The van der Waals surface area contributed by atoms with E-state index >= 15 is 0 Å². The van der Waals surface area contributed by atoms with Crippen molar-refractivity contribution >= 4 is 17.5 Å². The maximum Gasteiger partial charge on any atom is 0.356 e. The van der Waals surface area contributed by atoms with Crippen LogP contribution in [-0.4, -0.2) is 38.6 Å². The molecule has 7 nitrogen and oxygen atoms in total. The molecule has 1 aromatic carbocycles. The highest BCUT2D eigenvalue weighted by Gasteiger charge is 2.23. The van der Waals surface area contributed by atoms with Crippen molar-refractivity contribution in [3.05, 3.63) is 53.9 Å². The van der Waals surface area contributed by atoms with E-state index in [2.05, 4.69) is 4.98 Å². The Morgan fingerprint density at radius 3 is 2.48 bits per heavy atom. The van der Waals surface area contributed by atoms with Gasteiger partial charge in [-0.05, 0) is 36.4 Å². The van der Waals surface area contributed by atoms with Crippen LogP contribution in [-0.2, 0) is 4.74 Å². The number of carboxylic acids is 1. The topological polar surface area (TPSA) is 101 Å². The minimum Gasteiger partial charge on any atom is -0.508 e. The van der Waals surface area contributed by atoms with Gasteiger partial charge in [-0.1, -0.05) is 0 Å². The van der Waals surface area contributed by atoms with E-state index in [-0.39, 0.29) is 22.5 Å². The highest BCUT2D eigenvalue weighted by molar-refractivity contribution is 6.05. The van der Waals surface area contributed by atoms with Crippen molar-refractivity contribution in [3.8, 4) is 17.1 Å². The number of fused-ring (bicyclic) bond motifs is 1. The van der Waals surface area contributed by atoms with E-state index in [9.17, 15) is 19.8 Å². The summed E-state index contributed by atoms with van der Waals surface area (Å²) in [7, 11) is 1.23. The summed E-state index contributed by atoms with van der Waals surface area (Å²) in [6, 6.07) is 9.26. The van der Waals surface area contributed by atoms with Gasteiger partial charge in [-0.25, -0.2) is 14.6 Å². The highest BCUT2D eigenvalue weighted by atomic mass is 16.5. The lowest BCUT2D eigenvalue weighted by Gasteiger charge is -2.05. The number of nitrogens with zero attached hydrogens (tertiary/aromatic N) is 2. The number of phenolic OH excluding ortho intramolecular Hbond substituents is 1. The van der Waals surface area contributed by atoms with Crippen molar-refractivity contribution in [2.24, 2.45) is 0 Å². The van der Waals surface area contributed by atoms with E-state index in [1.807, 2.05) is 0 Å². The predicted molar refractivity (Wildman–Crippen MR) is 80.6 cm³/mol. The number of carboxylic acid groups (broad SMARTS) is 1. The number of pyridine rings is 1. The van der Waals surface area contributed by atoms with E-state index < -0.39 is 11.9 Å². The van der Waals surface area contributed by atoms with E-state index in [4.69, 9.17) is 4.74 Å². The number of aromatic carboxylic acids is 1. The Balaban J connectivity index is 2.35. The zero-order chi connectivity index (χ0) is 16.6. The molecular formula is C16H12N2O5. The summed E-state index contributed by atoms with van der Waals surface area (Å²) in [6.45, 7) is 0. The molecule has 0 unspecified atom stereocenters. The standard InChI is InChI=1S/C16H12N2O5/c1-23-16(22)11-3-2-8-18-13(11)12(15(20)21)17-14(18)9-4-6-10(19)7-5-9/h2-8,19H,1H3,(H,20,21). The Morgan fingerprint density at radius 2 is 1.87 bits per heavy atom. The van der Waals surface area contributed by atoms with E-state index in [1.165, 1.54) is 29.7 Å². The number of carbonyl (C=O) groups excluding carboxylic acids is 1. The van der Waals surface area contributed by atoms with Crippen LogP contribution in [0.1, 0.15) is 20.8 Å². The van der Waals surface area contributed by atoms with Gasteiger partial charge in [-0.3, -0.25) is 4.40 Å². The number of phenols is 1. The van der Waals surface area contributed by atoms with Crippen molar-refractivity contribution in [2.45, 2.75) is 0 Å². The van der Waals surface area contributed by atoms with Crippen LogP contribution >= 0.6 is 0 Å². The molecule has 3 rings (SSSR count). The van der Waals surface area contributed by atoms with Gasteiger partial charge in [0.25, 0.3) is 0 Å². The molecule has 23 heavy (non-hydrogen) atoms. The number of esters is 1. The number of ether oxygens (including phenoxy) is 1. The number of hydrogen-bond acceptors (Lipinski definition) is 5. The Kier molecular flexibility index (Phi) is 3.46. The van der Waals surface area contributed by atoms with Gasteiger partial charge < -0.3 is 14.9 Å². The van der Waals surface area contributed by atoms with E-state index in [0.29, 0.717) is 11.4 Å². The van der Waals surface area contributed by atoms with Crippen LogP contribution in [0, 0.1) is 0 Å². The summed E-state index contributed by atoms with van der Waals surface area (Å²) >= 11 is 0. The molecule has 0 saturated heterocycles. The first-order valence-corrected chi connectivity index (χ1v) is 6.65. The van der Waals surface area contributed by atoms with Crippen LogP contribution in [0.15, 0.2) is 42.6 Å². The maximum atomic E-state index is 11.9. The first-order chi connectivity index (χ1) is 11.0. The molecule has 0 fully saturated rings. The minimum atomic E-state index is -1.25. The number of carbonyl (C=O) groups is 2. The van der Waals surface area contributed by atoms with Gasteiger partial charge in [-0.15, -0.1) is 0 Å². The predicted octanol–water partition coefficient (Wildman–Crippen LogP) is 2.19. The molecule has 0 aliphatic rings. The second-order valence-corrected chi connectivity index (χ2v) is 4.77. The monoisotopic (exact) mass is 312 g/mol. The van der Waals surface area contributed by atoms with Crippen LogP contribution in [0.5, 0.6) is 5.75 Å². The van der Waals surface area contributed by atoms with Gasteiger partial charge in [0.1, 0.15) is 11.6 Å². The zero-order valence-electron chi connectivity index (χ0n) is 12.1. The lowest BCUT2D eigenvalue weighted by Crippen LogP contribution is -2.06. The van der Waals surface area contributed by atoms with Crippen molar-refractivity contribution in [1.29, 1.82) is 0 Å². The van der Waals surface area contributed by atoms with Gasteiger partial charge in [0.15, 0.2) is 5.69 Å². The smallest absolute Gasteiger partial charge is 0.356 e. The van der Waals surface area contributed by atoms with Gasteiger partial charge >= 0.3 is 11.9 Å². The largest absolute Gasteiger partial charge is 0.508 e. The summed E-state index contributed by atoms with van der Waals surface area (Å²) in [5.74, 6) is -1.45. The van der Waals surface area contributed by atoms with Gasteiger partial charge in [-0.2, -0.15) is 0 Å². The number of imidazole rings is 1. The molecule has 0 saturated carbocycles. The molecule has 2 heterocycles. The summed E-state index contributed by atoms with van der Waals surface area (Å²) in [5, 5.41) is 18.8. The fourth-order valence-electron chi connectivity index (χ4n) is 2.38. The van der Waals surface area contributed by atoms with E-state index in [1.54, 1.807) is 24.4 Å². The molecular weight excluding hydrogens is 300 g/mol. The van der Waals surface area contributed by atoms with Gasteiger partial charge in [0.05, 0.1) is 18.2 Å². The van der Waals surface area contributed by atoms with Crippen molar-refractivity contribution in [1.82, 2.24) is 9.38 Å². The van der Waals surface area contributed by atoms with Crippen molar-refractivity contribution in [2.75, 3.05) is 7.11 Å². The van der Waals surface area contributed by atoms with Crippen LogP contribution in [0.4, 0.5) is 0 Å². The first kappa shape index (κ1) is 14.6. The second kappa shape index (κ2) is 5.45. The third kappa shape index (κ3) is 2.38. The van der Waals surface area contributed by atoms with Crippen LogP contribution in [0.3, 0.4) is 0 Å². The Labute approximate surface area is 130 Å². The molecule has 3 aromatic rings. The molecule has 2 aromatic heterocycles. The Hall–Kier alpha value is -3.35. The number of methoxy groups -OCH3 is 1. The molecule has 116 valence electrons. The number of hydrogen-bond donors (Lipinski definition) is 2. The van der Waals surface area contributed by atoms with Crippen molar-refractivity contribution < 1.29 is 24.5 Å². The minimum absolute atomic E-state index is 0.0864. The third-order valence-electron chi connectivity index (χ3n) is 3.40. The number of benzene rings is 1. The van der Waals surface area contributed by atoms with E-state index in [0.717, 1.165) is 0 Å². The maximum absolute atomic E-state index is 11.9. The lowest BCUT2D eigenvalue weighted by atomic mass is 10.2. The second-order valence-electron chi connectivity index (χ2n) is 4.77. The normalized spacial score (nSPS) is 10.7. The zero-order valence-corrected chi connectivity index (χ0v) is 12.1. The first-order valence-electron chi connectivity index (χ1n) is 6.65. The lowest BCUT2D eigenvalue weighted by molar-refractivity contribution is 0.0602. The summed E-state index contributed by atoms with van der Waals surface area (Å²) in [4.78, 5) is 27.6. The molecule has 2 N–H and O–H groups in total. The van der Waals surface area contributed by atoms with Gasteiger partial charge in [0, 0.05) is 11.8 Å². The molecule has 7 heteroatoms. The van der Waals surface area contributed by atoms with Crippen molar-refractivity contribution in [3.63, 3.8) is 0 Å². The van der Waals surface area contributed by atoms with Crippen LogP contribution in [0.25, 0.3) is 16.9 Å². The Morgan fingerprint density at radius 1 is 1.17 bits per heavy atom. The fourth-order valence-corrected chi connectivity index (χ4v) is 2.38. The summed E-state index contributed by atoms with van der Waals surface area (Å²) < 4.78 is 6.22. The SMILES string of the molecule is COC(=O)c1cccn2c(-c3ccc(O)cc3)nc(C(=O)O)c12. The highest BCUT2D eigenvalue weighted by Crippen LogP contribution is 2.26. The molecule has 0 aliphatic heterocycles. The Bertz CT molecular complexity index is 912. The molecule has 0 atom stereocenters. The number of aromatic nitrogens is 2. The summed E-state index contributed by atoms with van der Waals surface area (Å²) in [6.07, 6.45) is 1.61. The van der Waals surface area contributed by atoms with Crippen LogP contribution in [0.2, 0.25) is 0 Å². The molecule has 0 amide bonds. The fraction of sp³-hybridized carbons (Fsp3) is 0.0625. The average Bonchev–Trinajstić information content (AvgIpc) is 2.95. The molecule has 0 aliphatic carbocycles. The van der Waals surface area contributed by atoms with Gasteiger partial charge in [0.2, 0.25) is 0 Å². The quantitative estimate of drug-likeness (QED) is 0.719.